The van der Waals surface area contributed by atoms with Gasteiger partial charge in [-0.2, -0.15) is 0 Å². The second-order valence-corrected chi connectivity index (χ2v) is 10.2. The maximum Gasteiger partial charge on any atom is 0.336 e. The fourth-order valence-corrected chi connectivity index (χ4v) is 4.48. The van der Waals surface area contributed by atoms with Crippen molar-refractivity contribution in [3.05, 3.63) is 34.4 Å². The molecule has 1 aromatic carbocycles. The number of unbranched alkanes of at least 4 members (excludes halogenated alkanes) is 10. The van der Waals surface area contributed by atoms with E-state index >= 15 is 0 Å². The molecule has 1 aromatic rings. The minimum atomic E-state index is -1.17. The van der Waals surface area contributed by atoms with Crippen LogP contribution in [0.25, 0.3) is 0 Å². The van der Waals surface area contributed by atoms with Crippen LogP contribution >= 0.6 is 0 Å². The normalized spacial score (nSPS) is 11.4. The molecule has 1 rings (SSSR count). The number of hydrogen-bond acceptors (Lipinski definition) is 2. The first-order chi connectivity index (χ1) is 15.2. The van der Waals surface area contributed by atoms with Crippen molar-refractivity contribution in [2.24, 2.45) is 11.8 Å². The number of hydrogen-bond donors (Lipinski definition) is 2. The van der Waals surface area contributed by atoms with Gasteiger partial charge in [-0.3, -0.25) is 0 Å². The smallest absolute Gasteiger partial charge is 0.336 e. The quantitative estimate of drug-likeness (QED) is 0.223. The van der Waals surface area contributed by atoms with Crippen LogP contribution in [0, 0.1) is 11.8 Å². The summed E-state index contributed by atoms with van der Waals surface area (Å²) in [6, 6.07) is 3.27. The maximum absolute atomic E-state index is 11.9. The van der Waals surface area contributed by atoms with Gasteiger partial charge in [-0.05, 0) is 48.3 Å². The lowest BCUT2D eigenvalue weighted by Gasteiger charge is -2.16. The lowest BCUT2D eigenvalue weighted by atomic mass is 9.88. The summed E-state index contributed by atoms with van der Waals surface area (Å²) >= 11 is 0. The first-order valence-electron chi connectivity index (χ1n) is 12.8. The highest BCUT2D eigenvalue weighted by Gasteiger charge is 2.22. The van der Waals surface area contributed by atoms with Crippen molar-refractivity contribution in [2.45, 2.75) is 118 Å². The predicted molar refractivity (Wildman–Crippen MR) is 133 cm³/mol. The van der Waals surface area contributed by atoms with Crippen molar-refractivity contribution in [3.63, 3.8) is 0 Å². The maximum atomic E-state index is 11.9. The third-order valence-corrected chi connectivity index (χ3v) is 6.19. The fourth-order valence-electron chi connectivity index (χ4n) is 4.48. The summed E-state index contributed by atoms with van der Waals surface area (Å²) in [5.74, 6) is -1.08. The highest BCUT2D eigenvalue weighted by atomic mass is 16.4. The Balaban J connectivity index is 2.40. The molecule has 182 valence electrons. The standard InChI is InChI=1S/C28H46O4/c1-21(2)16-14-12-10-8-6-5-7-9-11-13-15-17-24-23(20-22(3)4)18-19-25(27(29)30)26(24)28(31)32/h18-19,21-22H,5-17,20H2,1-4H3,(H,29,30)(H,31,32). The Bertz CT molecular complexity index is 691. The van der Waals surface area contributed by atoms with Crippen LogP contribution in [-0.4, -0.2) is 22.2 Å². The molecule has 0 heterocycles. The Hall–Kier alpha value is -1.84. The molecular weight excluding hydrogens is 400 g/mol. The molecule has 0 unspecified atom stereocenters. The largest absolute Gasteiger partial charge is 0.478 e. The van der Waals surface area contributed by atoms with Crippen LogP contribution < -0.4 is 0 Å². The molecule has 0 saturated heterocycles. The van der Waals surface area contributed by atoms with E-state index in [1.165, 1.54) is 63.9 Å². The van der Waals surface area contributed by atoms with Crippen LogP contribution in [0.5, 0.6) is 0 Å². The Labute approximate surface area is 195 Å². The SMILES string of the molecule is CC(C)CCCCCCCCCCCCCc1c(CC(C)C)ccc(C(=O)O)c1C(=O)O. The van der Waals surface area contributed by atoms with Gasteiger partial charge in [0.25, 0.3) is 0 Å². The molecule has 4 heteroatoms. The Morgan fingerprint density at radius 1 is 0.688 bits per heavy atom. The Morgan fingerprint density at radius 2 is 1.19 bits per heavy atom. The first kappa shape index (κ1) is 28.2. The van der Waals surface area contributed by atoms with Crippen LogP contribution in [0.1, 0.15) is 137 Å². The monoisotopic (exact) mass is 446 g/mol. The van der Waals surface area contributed by atoms with Gasteiger partial charge in [0.1, 0.15) is 0 Å². The molecule has 0 aromatic heterocycles. The van der Waals surface area contributed by atoms with Crippen molar-refractivity contribution in [1.29, 1.82) is 0 Å². The van der Waals surface area contributed by atoms with Gasteiger partial charge in [-0.15, -0.1) is 0 Å². The molecule has 0 aliphatic rings. The number of aromatic carboxylic acids is 2. The molecule has 2 N–H and O–H groups in total. The van der Waals surface area contributed by atoms with Crippen molar-refractivity contribution in [1.82, 2.24) is 0 Å². The van der Waals surface area contributed by atoms with Gasteiger partial charge in [0.15, 0.2) is 0 Å². The summed E-state index contributed by atoms with van der Waals surface area (Å²) in [6.07, 6.45) is 16.5. The molecule has 0 spiro atoms. The minimum absolute atomic E-state index is 0.0101. The summed E-state index contributed by atoms with van der Waals surface area (Å²) in [5, 5.41) is 19.1. The number of carboxylic acids is 2. The van der Waals surface area contributed by atoms with E-state index in [9.17, 15) is 19.8 Å². The fraction of sp³-hybridized carbons (Fsp3) is 0.714. The van der Waals surface area contributed by atoms with Gasteiger partial charge >= 0.3 is 11.9 Å². The van der Waals surface area contributed by atoms with Gasteiger partial charge in [-0.25, -0.2) is 9.59 Å². The van der Waals surface area contributed by atoms with Gasteiger partial charge in [0, 0.05) is 0 Å². The molecule has 0 bridgehead atoms. The van der Waals surface area contributed by atoms with Gasteiger partial charge < -0.3 is 10.2 Å². The second-order valence-electron chi connectivity index (χ2n) is 10.2. The molecule has 32 heavy (non-hydrogen) atoms. The Kier molecular flexibility index (Phi) is 14.0. The third kappa shape index (κ3) is 11.2. The third-order valence-electron chi connectivity index (χ3n) is 6.19. The van der Waals surface area contributed by atoms with Crippen molar-refractivity contribution < 1.29 is 19.8 Å². The van der Waals surface area contributed by atoms with E-state index in [2.05, 4.69) is 27.7 Å². The number of rotatable bonds is 18. The van der Waals surface area contributed by atoms with E-state index in [0.29, 0.717) is 12.3 Å². The number of benzene rings is 1. The predicted octanol–water partition coefficient (Wildman–Crippen LogP) is 8.16. The van der Waals surface area contributed by atoms with E-state index in [4.69, 9.17) is 0 Å². The van der Waals surface area contributed by atoms with E-state index in [0.717, 1.165) is 42.7 Å². The lowest BCUT2D eigenvalue weighted by molar-refractivity contribution is 0.0650. The summed E-state index contributed by atoms with van der Waals surface area (Å²) in [5.41, 5.74) is 1.60. The highest BCUT2D eigenvalue weighted by molar-refractivity contribution is 6.03. The van der Waals surface area contributed by atoms with Crippen LogP contribution in [0.15, 0.2) is 12.1 Å². The summed E-state index contributed by atoms with van der Waals surface area (Å²) < 4.78 is 0. The zero-order valence-corrected chi connectivity index (χ0v) is 20.9. The molecule has 0 atom stereocenters. The van der Waals surface area contributed by atoms with Crippen LogP contribution in [0.3, 0.4) is 0 Å². The first-order valence-corrected chi connectivity index (χ1v) is 12.8. The zero-order chi connectivity index (χ0) is 23.9. The summed E-state index contributed by atoms with van der Waals surface area (Å²) in [6.45, 7) is 8.79. The van der Waals surface area contributed by atoms with Crippen molar-refractivity contribution in [2.75, 3.05) is 0 Å². The van der Waals surface area contributed by atoms with E-state index in [-0.39, 0.29) is 11.1 Å². The average molecular weight is 447 g/mol. The second kappa shape index (κ2) is 15.9. The lowest BCUT2D eigenvalue weighted by Crippen LogP contribution is -2.14. The molecule has 0 fully saturated rings. The number of carbonyl (C=O) groups is 2. The molecule has 0 aliphatic carbocycles. The molecule has 4 nitrogen and oxygen atoms in total. The van der Waals surface area contributed by atoms with Gasteiger partial charge in [-0.1, -0.05) is 104 Å². The molecule has 0 saturated carbocycles. The Morgan fingerprint density at radius 3 is 1.62 bits per heavy atom. The van der Waals surface area contributed by atoms with E-state index in [1.807, 2.05) is 6.07 Å². The topological polar surface area (TPSA) is 74.6 Å². The van der Waals surface area contributed by atoms with Crippen molar-refractivity contribution in [3.8, 4) is 0 Å². The zero-order valence-electron chi connectivity index (χ0n) is 20.9. The summed E-state index contributed by atoms with van der Waals surface area (Å²) in [7, 11) is 0. The number of carboxylic acid groups (broad SMARTS) is 2. The highest BCUT2D eigenvalue weighted by Crippen LogP contribution is 2.25. The molecule has 0 amide bonds. The van der Waals surface area contributed by atoms with E-state index in [1.54, 1.807) is 0 Å². The summed E-state index contributed by atoms with van der Waals surface area (Å²) in [4.78, 5) is 23.4. The van der Waals surface area contributed by atoms with Gasteiger partial charge in [0.05, 0.1) is 11.1 Å². The molecule has 0 radical (unpaired) electrons. The minimum Gasteiger partial charge on any atom is -0.478 e. The van der Waals surface area contributed by atoms with Crippen molar-refractivity contribution >= 4 is 11.9 Å². The van der Waals surface area contributed by atoms with Crippen LogP contribution in [0.4, 0.5) is 0 Å². The van der Waals surface area contributed by atoms with Gasteiger partial charge in [0.2, 0.25) is 0 Å². The molecule has 0 aliphatic heterocycles. The van der Waals surface area contributed by atoms with E-state index < -0.39 is 11.9 Å². The van der Waals surface area contributed by atoms with Crippen LogP contribution in [-0.2, 0) is 12.8 Å². The molecular formula is C28H46O4. The average Bonchev–Trinajstić information content (AvgIpc) is 2.70. The van der Waals surface area contributed by atoms with Crippen LogP contribution in [0.2, 0.25) is 0 Å².